The van der Waals surface area contributed by atoms with E-state index in [0.717, 1.165) is 23.4 Å². The van der Waals surface area contributed by atoms with Gasteiger partial charge in [0.15, 0.2) is 5.82 Å². The SMILES string of the molecule is CCn1cnnc1-c1cc(Oc2ccc(OCCCS(C)(=O)=O)cc2)n2cncc2c1. The van der Waals surface area contributed by atoms with Crippen molar-refractivity contribution in [2.75, 3.05) is 18.6 Å². The molecular formula is C21H23N5O4S. The van der Waals surface area contributed by atoms with Crippen LogP contribution in [0.2, 0.25) is 0 Å². The zero-order chi connectivity index (χ0) is 21.8. The fourth-order valence-corrected chi connectivity index (χ4v) is 3.80. The molecule has 0 saturated carbocycles. The Balaban J connectivity index is 1.51. The highest BCUT2D eigenvalue weighted by atomic mass is 32.2. The van der Waals surface area contributed by atoms with Gasteiger partial charge in [-0.25, -0.2) is 13.4 Å². The first-order valence-electron chi connectivity index (χ1n) is 9.85. The molecule has 0 saturated heterocycles. The molecule has 0 N–H and O–H groups in total. The second kappa shape index (κ2) is 8.76. The first-order chi connectivity index (χ1) is 14.9. The molecule has 9 nitrogen and oxygen atoms in total. The third-order valence-electron chi connectivity index (χ3n) is 4.68. The monoisotopic (exact) mass is 441 g/mol. The Bertz CT molecular complexity index is 1280. The number of hydrogen-bond donors (Lipinski definition) is 0. The number of ether oxygens (including phenoxy) is 2. The molecule has 1 aromatic carbocycles. The summed E-state index contributed by atoms with van der Waals surface area (Å²) in [5.74, 6) is 2.74. The summed E-state index contributed by atoms with van der Waals surface area (Å²) in [4.78, 5) is 4.22. The Morgan fingerprint density at radius 3 is 2.58 bits per heavy atom. The van der Waals surface area contributed by atoms with Gasteiger partial charge in [0.05, 0.1) is 24.1 Å². The van der Waals surface area contributed by atoms with Crippen LogP contribution >= 0.6 is 0 Å². The lowest BCUT2D eigenvalue weighted by Crippen LogP contribution is -2.07. The molecule has 0 aliphatic heterocycles. The number of nitrogens with zero attached hydrogens (tertiary/aromatic N) is 5. The fourth-order valence-electron chi connectivity index (χ4n) is 3.15. The molecule has 10 heteroatoms. The van der Waals surface area contributed by atoms with Crippen LogP contribution in [0.5, 0.6) is 17.4 Å². The molecule has 3 aromatic heterocycles. The minimum Gasteiger partial charge on any atom is -0.494 e. The molecule has 0 spiro atoms. The van der Waals surface area contributed by atoms with E-state index in [1.165, 1.54) is 6.26 Å². The Morgan fingerprint density at radius 1 is 1.06 bits per heavy atom. The summed E-state index contributed by atoms with van der Waals surface area (Å²) in [7, 11) is -2.97. The molecule has 0 fully saturated rings. The van der Waals surface area contributed by atoms with Crippen molar-refractivity contribution in [3.63, 3.8) is 0 Å². The number of benzene rings is 1. The topological polar surface area (TPSA) is 101 Å². The molecule has 0 aliphatic rings. The maximum Gasteiger partial charge on any atom is 0.206 e. The van der Waals surface area contributed by atoms with Crippen LogP contribution < -0.4 is 9.47 Å². The number of fused-ring (bicyclic) bond motifs is 1. The van der Waals surface area contributed by atoms with Crippen molar-refractivity contribution < 1.29 is 17.9 Å². The summed E-state index contributed by atoms with van der Waals surface area (Å²) >= 11 is 0. The van der Waals surface area contributed by atoms with E-state index in [1.807, 2.05) is 28.0 Å². The van der Waals surface area contributed by atoms with Crippen LogP contribution in [-0.4, -0.2) is 51.2 Å². The number of pyridine rings is 1. The fraction of sp³-hybridized carbons (Fsp3) is 0.286. The van der Waals surface area contributed by atoms with Crippen molar-refractivity contribution in [3.8, 4) is 28.8 Å². The molecule has 162 valence electrons. The third kappa shape index (κ3) is 5.02. The number of aryl methyl sites for hydroxylation is 1. The van der Waals surface area contributed by atoms with Crippen molar-refractivity contribution in [1.29, 1.82) is 0 Å². The lowest BCUT2D eigenvalue weighted by atomic mass is 10.2. The normalized spacial score (nSPS) is 11.7. The van der Waals surface area contributed by atoms with Crippen LogP contribution in [0.15, 0.2) is 55.2 Å². The summed E-state index contributed by atoms with van der Waals surface area (Å²) in [5.41, 5.74) is 1.76. The summed E-state index contributed by atoms with van der Waals surface area (Å²) in [6.07, 6.45) is 6.82. The van der Waals surface area contributed by atoms with Crippen molar-refractivity contribution in [3.05, 3.63) is 55.2 Å². The molecule has 0 bridgehead atoms. The van der Waals surface area contributed by atoms with Crippen molar-refractivity contribution >= 4 is 15.4 Å². The minimum atomic E-state index is -2.97. The van der Waals surface area contributed by atoms with Gasteiger partial charge < -0.3 is 14.0 Å². The molecule has 0 aliphatic carbocycles. The second-order valence-electron chi connectivity index (χ2n) is 7.12. The van der Waals surface area contributed by atoms with Gasteiger partial charge in [0.2, 0.25) is 5.88 Å². The number of rotatable bonds is 9. The first kappa shape index (κ1) is 20.9. The molecule has 0 radical (unpaired) electrons. The second-order valence-corrected chi connectivity index (χ2v) is 9.38. The Morgan fingerprint density at radius 2 is 1.84 bits per heavy atom. The third-order valence-corrected chi connectivity index (χ3v) is 5.71. The van der Waals surface area contributed by atoms with E-state index >= 15 is 0 Å². The van der Waals surface area contributed by atoms with Crippen LogP contribution in [0.1, 0.15) is 13.3 Å². The van der Waals surface area contributed by atoms with E-state index in [2.05, 4.69) is 15.2 Å². The number of aromatic nitrogens is 5. The smallest absolute Gasteiger partial charge is 0.206 e. The lowest BCUT2D eigenvalue weighted by Gasteiger charge is -2.12. The molecule has 0 unspecified atom stereocenters. The van der Waals surface area contributed by atoms with Gasteiger partial charge in [-0.3, -0.25) is 4.40 Å². The Hall–Kier alpha value is -3.40. The molecule has 3 heterocycles. The van der Waals surface area contributed by atoms with Gasteiger partial charge in [0.1, 0.15) is 34.0 Å². The minimum absolute atomic E-state index is 0.108. The van der Waals surface area contributed by atoms with Gasteiger partial charge in [-0.2, -0.15) is 0 Å². The van der Waals surface area contributed by atoms with Crippen LogP contribution in [0.4, 0.5) is 0 Å². The molecule has 31 heavy (non-hydrogen) atoms. The van der Waals surface area contributed by atoms with E-state index in [1.54, 1.807) is 43.1 Å². The van der Waals surface area contributed by atoms with Crippen LogP contribution in [0, 0.1) is 0 Å². The number of sulfone groups is 1. The highest BCUT2D eigenvalue weighted by molar-refractivity contribution is 7.90. The largest absolute Gasteiger partial charge is 0.494 e. The van der Waals surface area contributed by atoms with Crippen LogP contribution in [0.3, 0.4) is 0 Å². The van der Waals surface area contributed by atoms with Crippen molar-refractivity contribution in [2.45, 2.75) is 19.9 Å². The molecule has 0 amide bonds. The standard InChI is InChI=1S/C21H23N5O4S/c1-3-25-15-23-24-21(25)16-11-17-13-22-14-26(17)20(12-16)30-19-7-5-18(6-8-19)29-9-4-10-31(2,27)28/h5-8,11-15H,3-4,9-10H2,1-2H3. The van der Waals surface area contributed by atoms with Gasteiger partial charge in [-0.05, 0) is 43.7 Å². The average molecular weight is 442 g/mol. The zero-order valence-corrected chi connectivity index (χ0v) is 18.1. The van der Waals surface area contributed by atoms with Crippen molar-refractivity contribution in [1.82, 2.24) is 24.1 Å². The predicted octanol–water partition coefficient (Wildman–Crippen LogP) is 3.22. The maximum atomic E-state index is 11.2. The molecule has 4 rings (SSSR count). The number of imidazole rings is 1. The van der Waals surface area contributed by atoms with E-state index in [0.29, 0.717) is 30.4 Å². The van der Waals surface area contributed by atoms with E-state index in [-0.39, 0.29) is 5.75 Å². The summed E-state index contributed by atoms with van der Waals surface area (Å²) in [6, 6.07) is 11.1. The zero-order valence-electron chi connectivity index (χ0n) is 17.3. The van der Waals surface area contributed by atoms with E-state index < -0.39 is 9.84 Å². The lowest BCUT2D eigenvalue weighted by molar-refractivity contribution is 0.317. The quantitative estimate of drug-likeness (QED) is 0.368. The van der Waals surface area contributed by atoms with Gasteiger partial charge in [0.25, 0.3) is 0 Å². The maximum absolute atomic E-state index is 11.2. The van der Waals surface area contributed by atoms with Crippen molar-refractivity contribution in [2.24, 2.45) is 0 Å². The molecule has 0 atom stereocenters. The molecular weight excluding hydrogens is 418 g/mol. The summed E-state index contributed by atoms with van der Waals surface area (Å²) in [5, 5.41) is 8.24. The average Bonchev–Trinajstić information content (AvgIpc) is 3.40. The van der Waals surface area contributed by atoms with Crippen LogP contribution in [0.25, 0.3) is 16.9 Å². The Labute approximate surface area is 180 Å². The van der Waals surface area contributed by atoms with Gasteiger partial charge in [0, 0.05) is 24.4 Å². The highest BCUT2D eigenvalue weighted by Crippen LogP contribution is 2.29. The summed E-state index contributed by atoms with van der Waals surface area (Å²) < 4.78 is 37.9. The van der Waals surface area contributed by atoms with E-state index in [4.69, 9.17) is 9.47 Å². The Kier molecular flexibility index (Phi) is 5.90. The molecule has 4 aromatic rings. The van der Waals surface area contributed by atoms with Crippen LogP contribution in [-0.2, 0) is 16.4 Å². The summed E-state index contributed by atoms with van der Waals surface area (Å²) in [6.45, 7) is 3.13. The van der Waals surface area contributed by atoms with Gasteiger partial charge >= 0.3 is 0 Å². The van der Waals surface area contributed by atoms with Gasteiger partial charge in [-0.1, -0.05) is 0 Å². The highest BCUT2D eigenvalue weighted by Gasteiger charge is 2.12. The van der Waals surface area contributed by atoms with E-state index in [9.17, 15) is 8.42 Å². The predicted molar refractivity (Wildman–Crippen MR) is 116 cm³/mol. The number of hydrogen-bond acceptors (Lipinski definition) is 7. The first-order valence-corrected chi connectivity index (χ1v) is 11.9. The van der Waals surface area contributed by atoms with Gasteiger partial charge in [-0.15, -0.1) is 10.2 Å².